The van der Waals surface area contributed by atoms with Gasteiger partial charge in [0.05, 0.1) is 44.8 Å². The number of hydrogen-bond donors (Lipinski definition) is 0. The maximum Gasteiger partial charge on any atom is 0.145 e. The Morgan fingerprint density at radius 1 is 0.438 bits per heavy atom. The predicted molar refractivity (Wildman–Crippen MR) is 196 cm³/mol. The first-order valence-corrected chi connectivity index (χ1v) is 16.1. The zero-order valence-corrected chi connectivity index (χ0v) is 25.8. The first-order chi connectivity index (χ1) is 23.8. The van der Waals surface area contributed by atoms with E-state index in [9.17, 15) is 0 Å². The summed E-state index contributed by atoms with van der Waals surface area (Å²) in [6.07, 6.45) is 1.83. The Labute approximate surface area is 277 Å². The quantitative estimate of drug-likeness (QED) is 0.185. The molecule has 0 N–H and O–H groups in total. The van der Waals surface area contributed by atoms with Gasteiger partial charge in [-0.1, -0.05) is 109 Å². The van der Waals surface area contributed by atoms with Crippen LogP contribution in [0.25, 0.3) is 72.3 Å². The van der Waals surface area contributed by atoms with Gasteiger partial charge in [0.1, 0.15) is 5.82 Å². The fraction of sp³-hybridized carbons (Fsp3) is 0. The van der Waals surface area contributed by atoms with Crippen molar-refractivity contribution in [2.75, 3.05) is 4.90 Å². The van der Waals surface area contributed by atoms with Crippen LogP contribution in [0.1, 0.15) is 0 Å². The van der Waals surface area contributed by atoms with Gasteiger partial charge in [-0.2, -0.15) is 0 Å². The molecule has 0 unspecified atom stereocenters. The summed E-state index contributed by atoms with van der Waals surface area (Å²) in [5.41, 5.74) is 13.7. The third-order valence-corrected chi connectivity index (χ3v) is 9.35. The number of fused-ring (bicyclic) bond motifs is 5. The summed E-state index contributed by atoms with van der Waals surface area (Å²) in [4.78, 5) is 17.2. The summed E-state index contributed by atoms with van der Waals surface area (Å²) in [6.45, 7) is 0. The summed E-state index contributed by atoms with van der Waals surface area (Å²) in [7, 11) is 0. The molecule has 0 fully saturated rings. The highest BCUT2D eigenvalue weighted by molar-refractivity contribution is 6.04. The first-order valence-electron chi connectivity index (χ1n) is 16.1. The number of anilines is 3. The van der Waals surface area contributed by atoms with Gasteiger partial charge in [0, 0.05) is 33.8 Å². The maximum atomic E-state index is 5.16. The third-order valence-electron chi connectivity index (χ3n) is 9.35. The van der Waals surface area contributed by atoms with Crippen LogP contribution in [0.4, 0.5) is 17.1 Å². The number of hydrogen-bond acceptors (Lipinski definition) is 4. The average molecular weight is 614 g/mol. The van der Waals surface area contributed by atoms with Crippen LogP contribution < -0.4 is 4.90 Å². The van der Waals surface area contributed by atoms with Crippen molar-refractivity contribution in [2.24, 2.45) is 0 Å². The SMILES string of the molecule is c1ccc(-c2nc3cccc4c3n2-c2ccc(-c3ccc(-c5ccc6ccc7cccnc7c6n5)cc3)cc2N4c2ccccc2)cc1. The lowest BCUT2D eigenvalue weighted by molar-refractivity contribution is 1.06. The summed E-state index contributed by atoms with van der Waals surface area (Å²) in [5.74, 6) is 0.940. The van der Waals surface area contributed by atoms with E-state index in [4.69, 9.17) is 9.97 Å². The highest BCUT2D eigenvalue weighted by atomic mass is 15.2. The van der Waals surface area contributed by atoms with Gasteiger partial charge in [0.25, 0.3) is 0 Å². The minimum atomic E-state index is 0.925. The molecule has 1 aliphatic rings. The molecule has 0 saturated carbocycles. The molecule has 0 bridgehead atoms. The lowest BCUT2D eigenvalue weighted by Crippen LogP contribution is -2.18. The molecule has 48 heavy (non-hydrogen) atoms. The second kappa shape index (κ2) is 10.5. The first kappa shape index (κ1) is 26.6. The molecular weight excluding hydrogens is 587 g/mol. The number of imidazole rings is 1. The third kappa shape index (κ3) is 4.08. The molecule has 224 valence electrons. The Bertz CT molecular complexity index is 2660. The number of rotatable bonds is 4. The standard InChI is InChI=1S/C43H27N5/c1-3-9-32(10-4-1)43-46-36-14-7-15-38-42(36)48(43)37-25-23-33(27-39(37)47(38)34-12-5-2-6-13-34)28-16-18-29(19-17-28)35-24-22-31-21-20-30-11-8-26-44-40(30)41(31)45-35/h1-27H. The highest BCUT2D eigenvalue weighted by Crippen LogP contribution is 2.49. The Balaban J connectivity index is 1.11. The van der Waals surface area contributed by atoms with E-state index in [1.54, 1.807) is 0 Å². The Morgan fingerprint density at radius 2 is 1.17 bits per heavy atom. The van der Waals surface area contributed by atoms with Gasteiger partial charge in [-0.15, -0.1) is 0 Å². The zero-order valence-electron chi connectivity index (χ0n) is 25.8. The van der Waals surface area contributed by atoms with E-state index in [2.05, 4.69) is 160 Å². The van der Waals surface area contributed by atoms with Crippen molar-refractivity contribution in [3.63, 3.8) is 0 Å². The van der Waals surface area contributed by atoms with Crippen LogP contribution in [0, 0.1) is 0 Å². The predicted octanol–water partition coefficient (Wildman–Crippen LogP) is 10.9. The minimum absolute atomic E-state index is 0.925. The van der Waals surface area contributed by atoms with E-state index >= 15 is 0 Å². The van der Waals surface area contributed by atoms with Crippen molar-refractivity contribution in [2.45, 2.75) is 0 Å². The number of aromatic nitrogens is 4. The van der Waals surface area contributed by atoms with Gasteiger partial charge >= 0.3 is 0 Å². The lowest BCUT2D eigenvalue weighted by Gasteiger charge is -2.33. The number of pyridine rings is 2. The molecule has 4 heterocycles. The van der Waals surface area contributed by atoms with Gasteiger partial charge in [-0.3, -0.25) is 9.55 Å². The minimum Gasteiger partial charge on any atom is -0.306 e. The Hall–Kier alpha value is -6.59. The van der Waals surface area contributed by atoms with Crippen molar-refractivity contribution in [1.29, 1.82) is 0 Å². The van der Waals surface area contributed by atoms with E-state index in [0.717, 1.165) is 89.4 Å². The molecule has 9 aromatic rings. The summed E-state index contributed by atoms with van der Waals surface area (Å²) in [6, 6.07) is 55.4. The van der Waals surface area contributed by atoms with E-state index in [1.165, 1.54) is 0 Å². The molecule has 0 radical (unpaired) electrons. The van der Waals surface area contributed by atoms with Crippen molar-refractivity contribution < 1.29 is 0 Å². The largest absolute Gasteiger partial charge is 0.306 e. The maximum absolute atomic E-state index is 5.16. The van der Waals surface area contributed by atoms with Crippen LogP contribution in [-0.2, 0) is 0 Å². The van der Waals surface area contributed by atoms with Crippen molar-refractivity contribution in [1.82, 2.24) is 19.5 Å². The van der Waals surface area contributed by atoms with Gasteiger partial charge in [-0.05, 0) is 59.7 Å². The van der Waals surface area contributed by atoms with E-state index in [1.807, 2.05) is 18.3 Å². The molecule has 0 saturated heterocycles. The van der Waals surface area contributed by atoms with E-state index in [0.29, 0.717) is 0 Å². The fourth-order valence-electron chi connectivity index (χ4n) is 7.08. The van der Waals surface area contributed by atoms with Crippen molar-refractivity contribution in [3.05, 3.63) is 164 Å². The summed E-state index contributed by atoms with van der Waals surface area (Å²) < 4.78 is 2.33. The highest BCUT2D eigenvalue weighted by Gasteiger charge is 2.29. The van der Waals surface area contributed by atoms with Crippen LogP contribution in [0.2, 0.25) is 0 Å². The lowest BCUT2D eigenvalue weighted by atomic mass is 9.99. The van der Waals surface area contributed by atoms with Crippen LogP contribution >= 0.6 is 0 Å². The van der Waals surface area contributed by atoms with E-state index < -0.39 is 0 Å². The Kier molecular flexibility index (Phi) is 5.81. The van der Waals surface area contributed by atoms with Gasteiger partial charge in [0.15, 0.2) is 0 Å². The molecule has 0 spiro atoms. The van der Waals surface area contributed by atoms with Crippen LogP contribution in [0.5, 0.6) is 0 Å². The van der Waals surface area contributed by atoms with Crippen molar-refractivity contribution in [3.8, 4) is 39.5 Å². The molecule has 10 rings (SSSR count). The second-order valence-electron chi connectivity index (χ2n) is 12.1. The van der Waals surface area contributed by atoms with Gasteiger partial charge in [-0.25, -0.2) is 9.97 Å². The van der Waals surface area contributed by atoms with Gasteiger partial charge in [0.2, 0.25) is 0 Å². The van der Waals surface area contributed by atoms with Crippen LogP contribution in [-0.4, -0.2) is 19.5 Å². The smallest absolute Gasteiger partial charge is 0.145 e. The summed E-state index contributed by atoms with van der Waals surface area (Å²) in [5, 5.41) is 2.18. The number of nitrogens with zero attached hydrogens (tertiary/aromatic N) is 5. The topological polar surface area (TPSA) is 46.8 Å². The molecule has 1 aliphatic heterocycles. The summed E-state index contributed by atoms with van der Waals surface area (Å²) >= 11 is 0. The molecule has 0 atom stereocenters. The van der Waals surface area contributed by atoms with Crippen molar-refractivity contribution >= 4 is 49.9 Å². The number of benzene rings is 6. The molecule has 6 aromatic carbocycles. The Morgan fingerprint density at radius 3 is 2.00 bits per heavy atom. The molecule has 3 aromatic heterocycles. The number of para-hydroxylation sites is 2. The fourth-order valence-corrected chi connectivity index (χ4v) is 7.08. The molecule has 5 nitrogen and oxygen atoms in total. The average Bonchev–Trinajstić information content (AvgIpc) is 3.56. The molecule has 5 heteroatoms. The second-order valence-corrected chi connectivity index (χ2v) is 12.1. The monoisotopic (exact) mass is 613 g/mol. The van der Waals surface area contributed by atoms with E-state index in [-0.39, 0.29) is 0 Å². The molecule has 0 aliphatic carbocycles. The molecule has 0 amide bonds. The zero-order chi connectivity index (χ0) is 31.6. The molecular formula is C43H27N5. The van der Waals surface area contributed by atoms with Gasteiger partial charge < -0.3 is 4.90 Å². The van der Waals surface area contributed by atoms with Crippen LogP contribution in [0.15, 0.2) is 164 Å². The normalized spacial score (nSPS) is 12.1. The van der Waals surface area contributed by atoms with Crippen LogP contribution in [0.3, 0.4) is 0 Å².